The summed E-state index contributed by atoms with van der Waals surface area (Å²) in [4.78, 5) is 11.9. The van der Waals surface area contributed by atoms with Gasteiger partial charge >= 0.3 is 0 Å². The summed E-state index contributed by atoms with van der Waals surface area (Å²) in [6.45, 7) is 4.98. The zero-order valence-electron chi connectivity index (χ0n) is 10.5. The zero-order valence-corrected chi connectivity index (χ0v) is 10.5. The maximum Gasteiger partial charge on any atom is 0.269 e. The Kier molecular flexibility index (Phi) is 3.47. The fourth-order valence-corrected chi connectivity index (χ4v) is 2.25. The van der Waals surface area contributed by atoms with E-state index in [1.807, 2.05) is 0 Å². The van der Waals surface area contributed by atoms with E-state index in [1.54, 1.807) is 24.0 Å². The van der Waals surface area contributed by atoms with Crippen LogP contribution in [0, 0.1) is 5.41 Å². The van der Waals surface area contributed by atoms with Gasteiger partial charge in [-0.25, -0.2) is 0 Å². The van der Waals surface area contributed by atoms with Crippen molar-refractivity contribution < 1.29 is 4.79 Å². The molecule has 0 aliphatic carbocycles. The number of amides is 1. The normalized spacial score (nSPS) is 24.6. The van der Waals surface area contributed by atoms with Crippen molar-refractivity contribution >= 4 is 5.91 Å². The van der Waals surface area contributed by atoms with Crippen LogP contribution in [0.1, 0.15) is 30.3 Å². The van der Waals surface area contributed by atoms with Gasteiger partial charge in [-0.05, 0) is 30.9 Å². The molecule has 94 valence electrons. The maximum absolute atomic E-state index is 11.9. The Morgan fingerprint density at radius 1 is 1.71 bits per heavy atom. The van der Waals surface area contributed by atoms with Gasteiger partial charge in [0.1, 0.15) is 5.69 Å². The highest BCUT2D eigenvalue weighted by Crippen LogP contribution is 2.24. The summed E-state index contributed by atoms with van der Waals surface area (Å²) in [5.41, 5.74) is 0.782. The number of hydrogen-bond acceptors (Lipinski definition) is 3. The van der Waals surface area contributed by atoms with E-state index < -0.39 is 0 Å². The Balaban J connectivity index is 1.90. The third-order valence-electron chi connectivity index (χ3n) is 3.41. The van der Waals surface area contributed by atoms with Crippen molar-refractivity contribution in [3.05, 3.63) is 18.0 Å². The number of piperidine rings is 1. The standard InChI is InChI=1S/C12H20N4O/c1-12(5-3-6-13-8-12)9-14-11(17)10-4-7-15-16(10)2/h4,7,13H,3,5-6,8-9H2,1-2H3,(H,14,17). The summed E-state index contributed by atoms with van der Waals surface area (Å²) in [5.74, 6) is -0.0446. The molecule has 1 unspecified atom stereocenters. The first-order valence-electron chi connectivity index (χ1n) is 6.08. The van der Waals surface area contributed by atoms with Crippen molar-refractivity contribution in [1.82, 2.24) is 20.4 Å². The van der Waals surface area contributed by atoms with Gasteiger partial charge < -0.3 is 10.6 Å². The van der Waals surface area contributed by atoms with Crippen LogP contribution < -0.4 is 10.6 Å². The van der Waals surface area contributed by atoms with Gasteiger partial charge in [0.2, 0.25) is 0 Å². The monoisotopic (exact) mass is 236 g/mol. The number of nitrogens with zero attached hydrogens (tertiary/aromatic N) is 2. The molecule has 0 radical (unpaired) electrons. The first-order valence-corrected chi connectivity index (χ1v) is 6.08. The highest BCUT2D eigenvalue weighted by Gasteiger charge is 2.27. The first kappa shape index (κ1) is 12.1. The fraction of sp³-hybridized carbons (Fsp3) is 0.667. The molecule has 1 aromatic heterocycles. The molecular formula is C12H20N4O. The van der Waals surface area contributed by atoms with Gasteiger partial charge in [-0.15, -0.1) is 0 Å². The van der Waals surface area contributed by atoms with Crippen molar-refractivity contribution in [2.45, 2.75) is 19.8 Å². The molecule has 1 aliphatic rings. The molecular weight excluding hydrogens is 216 g/mol. The van der Waals surface area contributed by atoms with Gasteiger partial charge in [0, 0.05) is 26.3 Å². The van der Waals surface area contributed by atoms with Crippen molar-refractivity contribution in [1.29, 1.82) is 0 Å². The molecule has 1 saturated heterocycles. The number of rotatable bonds is 3. The Labute approximate surface area is 102 Å². The van der Waals surface area contributed by atoms with Crippen LogP contribution in [-0.4, -0.2) is 35.3 Å². The van der Waals surface area contributed by atoms with E-state index in [9.17, 15) is 4.79 Å². The van der Waals surface area contributed by atoms with Crippen molar-refractivity contribution in [2.75, 3.05) is 19.6 Å². The lowest BCUT2D eigenvalue weighted by molar-refractivity contribution is 0.0915. The molecule has 2 rings (SSSR count). The number of carbonyl (C=O) groups excluding carboxylic acids is 1. The average Bonchev–Trinajstić information content (AvgIpc) is 2.74. The van der Waals surface area contributed by atoms with E-state index in [0.717, 1.165) is 19.5 Å². The van der Waals surface area contributed by atoms with Crippen LogP contribution >= 0.6 is 0 Å². The molecule has 0 spiro atoms. The molecule has 0 bridgehead atoms. The van der Waals surface area contributed by atoms with Crippen LogP contribution in [0.5, 0.6) is 0 Å². The van der Waals surface area contributed by atoms with E-state index in [0.29, 0.717) is 12.2 Å². The Morgan fingerprint density at radius 2 is 2.53 bits per heavy atom. The SMILES string of the molecule is Cn1nccc1C(=O)NCC1(C)CCCNC1. The number of nitrogens with one attached hydrogen (secondary N) is 2. The third-order valence-corrected chi connectivity index (χ3v) is 3.41. The lowest BCUT2D eigenvalue weighted by atomic mass is 9.83. The van der Waals surface area contributed by atoms with Gasteiger partial charge in [-0.1, -0.05) is 6.92 Å². The van der Waals surface area contributed by atoms with E-state index >= 15 is 0 Å². The number of carbonyl (C=O) groups is 1. The van der Waals surface area contributed by atoms with E-state index in [4.69, 9.17) is 0 Å². The number of aromatic nitrogens is 2. The lowest BCUT2D eigenvalue weighted by Crippen LogP contribution is -2.45. The summed E-state index contributed by atoms with van der Waals surface area (Å²) < 4.78 is 1.59. The molecule has 1 aromatic rings. The number of aryl methyl sites for hydroxylation is 1. The summed E-state index contributed by atoms with van der Waals surface area (Å²) in [6, 6.07) is 1.73. The zero-order chi connectivity index (χ0) is 12.3. The minimum atomic E-state index is -0.0446. The molecule has 0 saturated carbocycles. The minimum Gasteiger partial charge on any atom is -0.350 e. The van der Waals surface area contributed by atoms with Gasteiger partial charge in [0.05, 0.1) is 0 Å². The summed E-state index contributed by atoms with van der Waals surface area (Å²) >= 11 is 0. The molecule has 1 fully saturated rings. The van der Waals surface area contributed by atoms with Gasteiger partial charge in [-0.2, -0.15) is 5.10 Å². The second-order valence-corrected chi connectivity index (χ2v) is 5.11. The summed E-state index contributed by atoms with van der Waals surface area (Å²) in [7, 11) is 1.78. The van der Waals surface area contributed by atoms with Gasteiger partial charge in [-0.3, -0.25) is 9.48 Å². The molecule has 0 aromatic carbocycles. The fourth-order valence-electron chi connectivity index (χ4n) is 2.25. The van der Waals surface area contributed by atoms with Crippen molar-refractivity contribution in [2.24, 2.45) is 12.5 Å². The van der Waals surface area contributed by atoms with Crippen molar-refractivity contribution in [3.63, 3.8) is 0 Å². The Bertz CT molecular complexity index is 393. The van der Waals surface area contributed by atoms with E-state index in [2.05, 4.69) is 22.7 Å². The van der Waals surface area contributed by atoms with Crippen LogP contribution in [0.15, 0.2) is 12.3 Å². The molecule has 2 heterocycles. The van der Waals surface area contributed by atoms with Gasteiger partial charge in [0.15, 0.2) is 0 Å². The second kappa shape index (κ2) is 4.87. The molecule has 1 aliphatic heterocycles. The molecule has 5 nitrogen and oxygen atoms in total. The second-order valence-electron chi connectivity index (χ2n) is 5.11. The topological polar surface area (TPSA) is 59.0 Å². The highest BCUT2D eigenvalue weighted by atomic mass is 16.2. The van der Waals surface area contributed by atoms with Crippen LogP contribution in [0.2, 0.25) is 0 Å². The Hall–Kier alpha value is -1.36. The first-order chi connectivity index (χ1) is 8.11. The number of hydrogen-bond donors (Lipinski definition) is 2. The van der Waals surface area contributed by atoms with Crippen LogP contribution in [0.4, 0.5) is 0 Å². The predicted octanol–water partition coefficient (Wildman–Crippen LogP) is 0.540. The van der Waals surface area contributed by atoms with E-state index in [1.165, 1.54) is 6.42 Å². The van der Waals surface area contributed by atoms with Crippen LogP contribution in [0.3, 0.4) is 0 Å². The Morgan fingerprint density at radius 3 is 3.12 bits per heavy atom. The molecule has 2 N–H and O–H groups in total. The van der Waals surface area contributed by atoms with Crippen LogP contribution in [-0.2, 0) is 7.05 Å². The molecule has 17 heavy (non-hydrogen) atoms. The van der Waals surface area contributed by atoms with Crippen molar-refractivity contribution in [3.8, 4) is 0 Å². The predicted molar refractivity (Wildman–Crippen MR) is 65.8 cm³/mol. The molecule has 1 amide bonds. The summed E-state index contributed by atoms with van der Waals surface area (Å²) in [6.07, 6.45) is 3.97. The maximum atomic E-state index is 11.9. The lowest BCUT2D eigenvalue weighted by Gasteiger charge is -2.34. The third kappa shape index (κ3) is 2.85. The molecule has 5 heteroatoms. The minimum absolute atomic E-state index is 0.0446. The average molecular weight is 236 g/mol. The van der Waals surface area contributed by atoms with E-state index in [-0.39, 0.29) is 11.3 Å². The summed E-state index contributed by atoms with van der Waals surface area (Å²) in [5, 5.41) is 10.4. The smallest absolute Gasteiger partial charge is 0.269 e. The quantitative estimate of drug-likeness (QED) is 0.805. The highest BCUT2D eigenvalue weighted by molar-refractivity contribution is 5.92. The largest absolute Gasteiger partial charge is 0.350 e. The van der Waals surface area contributed by atoms with Gasteiger partial charge in [0.25, 0.3) is 5.91 Å². The van der Waals surface area contributed by atoms with Crippen LogP contribution in [0.25, 0.3) is 0 Å². The molecule has 1 atom stereocenters.